The lowest BCUT2D eigenvalue weighted by atomic mass is 9.76. The van der Waals surface area contributed by atoms with Gasteiger partial charge in [0.25, 0.3) is 15.9 Å². The Bertz CT molecular complexity index is 1340. The average Bonchev–Trinajstić information content (AvgIpc) is 3.17. The molecule has 1 saturated carbocycles. The van der Waals surface area contributed by atoms with Gasteiger partial charge in [-0.3, -0.25) is 4.79 Å². The molecular weight excluding hydrogens is 540 g/mol. The number of carbonyl (C=O) groups is 2. The van der Waals surface area contributed by atoms with Crippen LogP contribution < -0.4 is 19.7 Å². The van der Waals surface area contributed by atoms with Gasteiger partial charge in [0.2, 0.25) is 0 Å². The van der Waals surface area contributed by atoms with Crippen LogP contribution in [0.4, 0.5) is 16.2 Å². The Morgan fingerprint density at radius 3 is 2.44 bits per heavy atom. The minimum absolute atomic E-state index is 0.0184. The van der Waals surface area contributed by atoms with E-state index in [1.807, 2.05) is 13.8 Å². The summed E-state index contributed by atoms with van der Waals surface area (Å²) in [5.41, 5.74) is -0.0148. The van der Waals surface area contributed by atoms with Gasteiger partial charge in [-0.05, 0) is 63.6 Å². The van der Waals surface area contributed by atoms with Crippen molar-refractivity contribution in [3.63, 3.8) is 0 Å². The summed E-state index contributed by atoms with van der Waals surface area (Å²) in [5, 5.41) is 6.39. The number of anilines is 2. The first-order valence-corrected chi connectivity index (χ1v) is 15.3. The highest BCUT2D eigenvalue weighted by molar-refractivity contribution is 7.93. The fraction of sp³-hybridized carbons (Fsp3) is 0.500. The van der Waals surface area contributed by atoms with Crippen molar-refractivity contribution < 1.29 is 22.7 Å². The summed E-state index contributed by atoms with van der Waals surface area (Å²) in [7, 11) is -1.36. The third kappa shape index (κ3) is 5.34. The first-order valence-electron chi connectivity index (χ1n) is 13.5. The quantitative estimate of drug-likeness (QED) is 0.417. The predicted molar refractivity (Wildman–Crippen MR) is 153 cm³/mol. The van der Waals surface area contributed by atoms with Crippen LogP contribution in [0.3, 0.4) is 0 Å². The van der Waals surface area contributed by atoms with Crippen molar-refractivity contribution in [1.29, 1.82) is 0 Å². The Balaban J connectivity index is 1.75. The van der Waals surface area contributed by atoms with Gasteiger partial charge in [-0.15, -0.1) is 0 Å². The van der Waals surface area contributed by atoms with Crippen molar-refractivity contribution >= 4 is 44.9 Å². The second-order valence-electron chi connectivity index (χ2n) is 10.1. The van der Waals surface area contributed by atoms with Crippen molar-refractivity contribution in [2.75, 3.05) is 36.9 Å². The number of ether oxygens (including phenoxy) is 1. The lowest BCUT2D eigenvalue weighted by Gasteiger charge is -2.34. The summed E-state index contributed by atoms with van der Waals surface area (Å²) in [4.78, 5) is 28.2. The van der Waals surface area contributed by atoms with Gasteiger partial charge in [-0.2, -0.15) is 0 Å². The Morgan fingerprint density at radius 1 is 1.13 bits per heavy atom. The molecule has 4 rings (SSSR count). The van der Waals surface area contributed by atoms with Gasteiger partial charge in [0.05, 0.1) is 12.8 Å². The Labute approximate surface area is 235 Å². The van der Waals surface area contributed by atoms with E-state index in [2.05, 4.69) is 10.6 Å². The van der Waals surface area contributed by atoms with E-state index < -0.39 is 21.5 Å². The van der Waals surface area contributed by atoms with E-state index >= 15 is 0 Å². The molecule has 1 aliphatic carbocycles. The summed E-state index contributed by atoms with van der Waals surface area (Å²) in [6.45, 7) is 4.80. The molecule has 0 aromatic heterocycles. The largest absolute Gasteiger partial charge is 0.495 e. The van der Waals surface area contributed by atoms with Gasteiger partial charge in [0, 0.05) is 35.4 Å². The smallest absolute Gasteiger partial charge is 0.321 e. The highest BCUT2D eigenvalue weighted by Gasteiger charge is 2.55. The second-order valence-corrected chi connectivity index (χ2v) is 12.3. The van der Waals surface area contributed by atoms with Crippen LogP contribution in [-0.4, -0.2) is 52.5 Å². The number of carbonyl (C=O) groups excluding carboxylic acids is 2. The number of fused-ring (bicyclic) bond motifs is 1. The van der Waals surface area contributed by atoms with Crippen molar-refractivity contribution in [1.82, 2.24) is 10.2 Å². The van der Waals surface area contributed by atoms with Crippen molar-refractivity contribution in [2.24, 2.45) is 5.92 Å². The van der Waals surface area contributed by atoms with E-state index in [1.165, 1.54) is 31.7 Å². The standard InChI is InChI=1S/C28H37ClN4O5S/c1-5-32(6-2)27(35)31-21-13-15-25(24(17-21)38-4)39(36,37)33-23-14-12-20(29)16-22(23)28(30-3,26(33)34)18-19-10-8-7-9-11-19/h12-17,19,30H,5-11,18H2,1-4H3,(H,31,35). The van der Waals surface area contributed by atoms with E-state index in [1.54, 1.807) is 30.1 Å². The monoisotopic (exact) mass is 576 g/mol. The van der Waals surface area contributed by atoms with E-state index in [0.29, 0.717) is 35.8 Å². The van der Waals surface area contributed by atoms with Crippen LogP contribution in [0.15, 0.2) is 41.3 Å². The molecule has 0 radical (unpaired) electrons. The molecule has 0 bridgehead atoms. The molecule has 2 aromatic carbocycles. The van der Waals surface area contributed by atoms with Gasteiger partial charge in [-0.1, -0.05) is 43.7 Å². The average molecular weight is 577 g/mol. The third-order valence-electron chi connectivity index (χ3n) is 7.92. The molecular formula is C28H37ClN4O5S. The topological polar surface area (TPSA) is 108 Å². The van der Waals surface area contributed by atoms with Gasteiger partial charge in [0.15, 0.2) is 0 Å². The highest BCUT2D eigenvalue weighted by Crippen LogP contribution is 2.49. The number of nitrogens with zero attached hydrogens (tertiary/aromatic N) is 2. The summed E-state index contributed by atoms with van der Waals surface area (Å²) < 4.78 is 34.7. The van der Waals surface area contributed by atoms with Crippen molar-refractivity contribution in [2.45, 2.75) is 62.8 Å². The van der Waals surface area contributed by atoms with Gasteiger partial charge >= 0.3 is 6.03 Å². The van der Waals surface area contributed by atoms with Crippen molar-refractivity contribution in [3.8, 4) is 5.75 Å². The molecule has 0 saturated heterocycles. The lowest BCUT2D eigenvalue weighted by Crippen LogP contribution is -2.51. The number of methoxy groups -OCH3 is 1. The minimum Gasteiger partial charge on any atom is -0.495 e. The number of halogens is 1. The highest BCUT2D eigenvalue weighted by atomic mass is 35.5. The number of hydrogen-bond acceptors (Lipinski definition) is 6. The minimum atomic E-state index is -4.40. The van der Waals surface area contributed by atoms with Crippen LogP contribution in [0.2, 0.25) is 5.02 Å². The van der Waals surface area contributed by atoms with Crippen LogP contribution >= 0.6 is 11.6 Å². The Morgan fingerprint density at radius 2 is 1.82 bits per heavy atom. The molecule has 1 fully saturated rings. The predicted octanol–water partition coefficient (Wildman–Crippen LogP) is 5.34. The maximum Gasteiger partial charge on any atom is 0.321 e. The third-order valence-corrected chi connectivity index (χ3v) is 9.89. The molecule has 9 nitrogen and oxygen atoms in total. The fourth-order valence-corrected chi connectivity index (χ4v) is 7.60. The Hall–Kier alpha value is -2.82. The fourth-order valence-electron chi connectivity index (χ4n) is 5.80. The molecule has 2 aromatic rings. The number of benzene rings is 2. The zero-order chi connectivity index (χ0) is 28.4. The van der Waals surface area contributed by atoms with E-state index in [0.717, 1.165) is 30.0 Å². The summed E-state index contributed by atoms with van der Waals surface area (Å²) in [6, 6.07) is 8.85. The summed E-state index contributed by atoms with van der Waals surface area (Å²) in [6.07, 6.45) is 5.83. The maximum absolute atomic E-state index is 14.2. The molecule has 2 aliphatic rings. The number of urea groups is 1. The number of likely N-dealkylation sites (N-methyl/N-ethyl adjacent to an activating group) is 1. The zero-order valence-electron chi connectivity index (χ0n) is 22.9. The molecule has 39 heavy (non-hydrogen) atoms. The van der Waals surface area contributed by atoms with Gasteiger partial charge in [0.1, 0.15) is 16.2 Å². The maximum atomic E-state index is 14.2. The first kappa shape index (κ1) is 29.2. The molecule has 0 spiro atoms. The summed E-state index contributed by atoms with van der Waals surface area (Å²) >= 11 is 6.36. The van der Waals surface area contributed by atoms with E-state index in [4.69, 9.17) is 16.3 Å². The van der Waals surface area contributed by atoms with E-state index in [9.17, 15) is 18.0 Å². The second kappa shape index (κ2) is 11.7. The number of amides is 3. The molecule has 11 heteroatoms. The zero-order valence-corrected chi connectivity index (χ0v) is 24.5. The molecule has 1 aliphatic heterocycles. The van der Waals surface area contributed by atoms with Gasteiger partial charge < -0.3 is 20.3 Å². The first-order chi connectivity index (χ1) is 18.6. The van der Waals surface area contributed by atoms with E-state index in [-0.39, 0.29) is 28.3 Å². The molecule has 1 unspecified atom stereocenters. The van der Waals surface area contributed by atoms with Crippen LogP contribution in [0.5, 0.6) is 5.75 Å². The lowest BCUT2D eigenvalue weighted by molar-refractivity contribution is -0.123. The molecule has 212 valence electrons. The number of nitrogens with one attached hydrogen (secondary N) is 2. The van der Waals surface area contributed by atoms with Crippen LogP contribution in [0.1, 0.15) is 57.9 Å². The Kier molecular flexibility index (Phi) is 8.78. The number of hydrogen-bond donors (Lipinski definition) is 2. The molecule has 3 amide bonds. The molecule has 1 heterocycles. The number of sulfonamides is 1. The van der Waals surface area contributed by atoms with Crippen LogP contribution in [-0.2, 0) is 20.4 Å². The van der Waals surface area contributed by atoms with Crippen LogP contribution in [0, 0.1) is 5.92 Å². The SMILES string of the molecule is CCN(CC)C(=O)Nc1ccc(S(=O)(=O)N2C(=O)C(CC3CCCCC3)(NC)c3cc(Cl)ccc32)c(OC)c1. The summed E-state index contributed by atoms with van der Waals surface area (Å²) in [5.74, 6) is -0.258. The van der Waals surface area contributed by atoms with Gasteiger partial charge in [-0.25, -0.2) is 17.5 Å². The molecule has 1 atom stereocenters. The van der Waals surface area contributed by atoms with Crippen molar-refractivity contribution in [3.05, 3.63) is 47.0 Å². The molecule has 2 N–H and O–H groups in total. The normalized spacial score (nSPS) is 19.6. The van der Waals surface area contributed by atoms with Crippen LogP contribution in [0.25, 0.3) is 0 Å². The number of rotatable bonds is 9.